The van der Waals surface area contributed by atoms with E-state index < -0.39 is 27.5 Å². The third kappa shape index (κ3) is 4.95. The highest BCUT2D eigenvalue weighted by molar-refractivity contribution is 7.92. The van der Waals surface area contributed by atoms with Crippen LogP contribution in [-0.2, 0) is 21.9 Å². The Morgan fingerprint density at radius 1 is 1.12 bits per heavy atom. The summed E-state index contributed by atoms with van der Waals surface area (Å²) in [5.74, 6) is -0.0338. The second-order valence-electron chi connectivity index (χ2n) is 7.59. The van der Waals surface area contributed by atoms with Crippen LogP contribution in [0.4, 0.5) is 11.4 Å². The average molecular weight is 473 g/mol. The summed E-state index contributed by atoms with van der Waals surface area (Å²) in [6.45, 7) is 5.51. The molecule has 0 radical (unpaired) electrons. The molecule has 0 unspecified atom stereocenters. The molecule has 0 aliphatic carbocycles. The minimum Gasteiger partial charge on any atom is -0.494 e. The number of nitrogens with zero attached hydrogens (tertiary/aromatic N) is 3. The van der Waals surface area contributed by atoms with Gasteiger partial charge in [-0.2, -0.15) is 0 Å². The van der Waals surface area contributed by atoms with E-state index in [0.717, 1.165) is 10.6 Å². The van der Waals surface area contributed by atoms with Crippen molar-refractivity contribution in [1.82, 2.24) is 9.36 Å². The van der Waals surface area contributed by atoms with Crippen LogP contribution in [0, 0.1) is 6.92 Å². The second-order valence-corrected chi connectivity index (χ2v) is 9.45. The number of rotatable bonds is 8. The number of ether oxygens (including phenoxy) is 1. The van der Waals surface area contributed by atoms with E-state index in [4.69, 9.17) is 4.74 Å². The average Bonchev–Trinajstić information content (AvgIpc) is 2.98. The summed E-state index contributed by atoms with van der Waals surface area (Å²) in [4.78, 5) is 26.2. The molecule has 2 aromatic carbocycles. The molecule has 0 spiro atoms. The Bertz CT molecular complexity index is 1300. The summed E-state index contributed by atoms with van der Waals surface area (Å²) >= 11 is 0. The lowest BCUT2D eigenvalue weighted by atomic mass is 10.2. The molecular formula is C23H28N4O5S. The van der Waals surface area contributed by atoms with Gasteiger partial charge in [0.05, 0.1) is 29.9 Å². The number of anilines is 2. The summed E-state index contributed by atoms with van der Waals surface area (Å²) in [7, 11) is -2.09. The van der Waals surface area contributed by atoms with Crippen LogP contribution in [0.2, 0.25) is 0 Å². The minimum absolute atomic E-state index is 0.0957. The van der Waals surface area contributed by atoms with Gasteiger partial charge in [-0.15, -0.1) is 0 Å². The standard InChI is InChI=1S/C23H28N4O5S/c1-6-32-20-14-12-19(13-15-20)27(33(5,30)31)17(3)22(28)24-21-16(2)25(4)26(23(21)29)18-10-8-7-9-11-18/h7-15,17H,6H2,1-5H3,(H,24,28)/t17-/m0/s1. The monoisotopic (exact) mass is 472 g/mol. The van der Waals surface area contributed by atoms with Gasteiger partial charge in [0.25, 0.3) is 5.56 Å². The summed E-state index contributed by atoms with van der Waals surface area (Å²) in [6.07, 6.45) is 1.03. The van der Waals surface area contributed by atoms with E-state index in [9.17, 15) is 18.0 Å². The van der Waals surface area contributed by atoms with Gasteiger partial charge in [-0.1, -0.05) is 18.2 Å². The van der Waals surface area contributed by atoms with Crippen LogP contribution in [0.5, 0.6) is 5.75 Å². The highest BCUT2D eigenvalue weighted by Gasteiger charge is 2.30. The third-order valence-corrected chi connectivity index (χ3v) is 6.53. The second kappa shape index (κ2) is 9.53. The molecule has 0 saturated heterocycles. The first kappa shape index (κ1) is 24.1. The lowest BCUT2D eigenvalue weighted by molar-refractivity contribution is -0.116. The molecule has 1 amide bonds. The van der Waals surface area contributed by atoms with Crippen molar-refractivity contribution < 1.29 is 17.9 Å². The van der Waals surface area contributed by atoms with Gasteiger partial charge in [0.15, 0.2) is 0 Å². The van der Waals surface area contributed by atoms with Gasteiger partial charge in [0.1, 0.15) is 17.5 Å². The number of hydrogen-bond donors (Lipinski definition) is 1. The van der Waals surface area contributed by atoms with Crippen LogP contribution in [0.1, 0.15) is 19.5 Å². The Labute approximate surface area is 193 Å². The van der Waals surface area contributed by atoms with E-state index >= 15 is 0 Å². The molecule has 0 aliphatic heterocycles. The van der Waals surface area contributed by atoms with Crippen molar-refractivity contribution in [3.05, 3.63) is 70.6 Å². The smallest absolute Gasteiger partial charge is 0.295 e. The molecule has 0 bridgehead atoms. The van der Waals surface area contributed by atoms with Crippen molar-refractivity contribution in [1.29, 1.82) is 0 Å². The van der Waals surface area contributed by atoms with Crippen LogP contribution in [-0.4, -0.2) is 42.6 Å². The zero-order chi connectivity index (χ0) is 24.3. The molecule has 176 valence electrons. The molecule has 10 heteroatoms. The van der Waals surface area contributed by atoms with Crippen molar-refractivity contribution >= 4 is 27.3 Å². The topological polar surface area (TPSA) is 103 Å². The Morgan fingerprint density at radius 3 is 2.27 bits per heavy atom. The number of aromatic nitrogens is 2. The summed E-state index contributed by atoms with van der Waals surface area (Å²) in [5.41, 5.74) is 1.19. The molecule has 1 N–H and O–H groups in total. The maximum Gasteiger partial charge on any atom is 0.295 e. The Morgan fingerprint density at radius 2 is 1.73 bits per heavy atom. The highest BCUT2D eigenvalue weighted by atomic mass is 32.2. The SMILES string of the molecule is CCOc1ccc(N([C@@H](C)C(=O)Nc2c(C)n(C)n(-c3ccccc3)c2=O)S(C)(=O)=O)cc1. The predicted octanol–water partition coefficient (Wildman–Crippen LogP) is 2.68. The lowest BCUT2D eigenvalue weighted by Gasteiger charge is -2.28. The fourth-order valence-electron chi connectivity index (χ4n) is 3.60. The predicted molar refractivity (Wildman–Crippen MR) is 129 cm³/mol. The number of sulfonamides is 1. The number of amides is 1. The van der Waals surface area contributed by atoms with Crippen molar-refractivity contribution in [2.45, 2.75) is 26.8 Å². The van der Waals surface area contributed by atoms with Gasteiger partial charge in [0, 0.05) is 7.05 Å². The largest absolute Gasteiger partial charge is 0.494 e. The van der Waals surface area contributed by atoms with E-state index in [1.165, 1.54) is 11.6 Å². The van der Waals surface area contributed by atoms with Gasteiger partial charge in [0.2, 0.25) is 15.9 Å². The molecule has 3 rings (SSSR count). The summed E-state index contributed by atoms with van der Waals surface area (Å²) in [6, 6.07) is 14.4. The quantitative estimate of drug-likeness (QED) is 0.543. The van der Waals surface area contributed by atoms with E-state index in [1.807, 2.05) is 25.1 Å². The number of carbonyl (C=O) groups is 1. The first-order valence-corrected chi connectivity index (χ1v) is 12.3. The molecule has 33 heavy (non-hydrogen) atoms. The van der Waals surface area contributed by atoms with Gasteiger partial charge in [-0.25, -0.2) is 13.1 Å². The van der Waals surface area contributed by atoms with Crippen LogP contribution in [0.15, 0.2) is 59.4 Å². The summed E-state index contributed by atoms with van der Waals surface area (Å²) < 4.78 is 34.6. The van der Waals surface area contributed by atoms with Crippen LogP contribution >= 0.6 is 0 Å². The number of hydrogen-bond acceptors (Lipinski definition) is 5. The maximum atomic E-state index is 13.1. The molecule has 0 fully saturated rings. The van der Waals surface area contributed by atoms with E-state index in [1.54, 1.807) is 55.1 Å². The molecule has 1 heterocycles. The molecular weight excluding hydrogens is 444 g/mol. The minimum atomic E-state index is -3.80. The zero-order valence-corrected chi connectivity index (χ0v) is 20.1. The molecule has 0 aliphatic rings. The molecule has 9 nitrogen and oxygen atoms in total. The Hall–Kier alpha value is -3.53. The van der Waals surface area contributed by atoms with Crippen LogP contribution in [0.25, 0.3) is 5.69 Å². The maximum absolute atomic E-state index is 13.1. The van der Waals surface area contributed by atoms with Crippen molar-refractivity contribution in [2.24, 2.45) is 7.05 Å². The molecule has 1 aromatic heterocycles. The van der Waals surface area contributed by atoms with Crippen molar-refractivity contribution in [2.75, 3.05) is 22.5 Å². The van der Waals surface area contributed by atoms with Crippen LogP contribution < -0.4 is 19.9 Å². The van der Waals surface area contributed by atoms with Crippen molar-refractivity contribution in [3.8, 4) is 11.4 Å². The van der Waals surface area contributed by atoms with E-state index in [-0.39, 0.29) is 5.69 Å². The number of carbonyl (C=O) groups excluding carboxylic acids is 1. The Balaban J connectivity index is 1.93. The number of benzene rings is 2. The fourth-order valence-corrected chi connectivity index (χ4v) is 4.78. The molecule has 1 atom stereocenters. The van der Waals surface area contributed by atoms with Gasteiger partial charge >= 0.3 is 0 Å². The Kier molecular flexibility index (Phi) is 6.97. The summed E-state index contributed by atoms with van der Waals surface area (Å²) in [5, 5.41) is 2.64. The van der Waals surface area contributed by atoms with Crippen LogP contribution in [0.3, 0.4) is 0 Å². The van der Waals surface area contributed by atoms with Gasteiger partial charge in [-0.05, 0) is 57.2 Å². The van der Waals surface area contributed by atoms with Gasteiger partial charge < -0.3 is 10.1 Å². The number of nitrogens with one attached hydrogen (secondary N) is 1. The van der Waals surface area contributed by atoms with Gasteiger partial charge in [-0.3, -0.25) is 18.6 Å². The number of para-hydroxylation sites is 1. The highest BCUT2D eigenvalue weighted by Crippen LogP contribution is 2.25. The first-order valence-electron chi connectivity index (χ1n) is 10.4. The zero-order valence-electron chi connectivity index (χ0n) is 19.3. The van der Waals surface area contributed by atoms with E-state index in [2.05, 4.69) is 5.32 Å². The lowest BCUT2D eigenvalue weighted by Crippen LogP contribution is -2.45. The van der Waals surface area contributed by atoms with Crippen molar-refractivity contribution in [3.63, 3.8) is 0 Å². The molecule has 0 saturated carbocycles. The first-order chi connectivity index (χ1) is 15.6. The van der Waals surface area contributed by atoms with E-state index in [0.29, 0.717) is 29.4 Å². The third-order valence-electron chi connectivity index (χ3n) is 5.29. The molecule has 3 aromatic rings. The fraction of sp³-hybridized carbons (Fsp3) is 0.304. The normalized spacial score (nSPS) is 12.3.